The third-order valence-electron chi connectivity index (χ3n) is 8.72. The molecular formula is C43H28N2O2. The van der Waals surface area contributed by atoms with Crippen molar-refractivity contribution in [1.82, 2.24) is 4.98 Å². The van der Waals surface area contributed by atoms with Crippen molar-refractivity contribution in [3.05, 3.63) is 170 Å². The van der Waals surface area contributed by atoms with Crippen LogP contribution in [0.15, 0.2) is 179 Å². The van der Waals surface area contributed by atoms with Crippen molar-refractivity contribution in [3.63, 3.8) is 0 Å². The van der Waals surface area contributed by atoms with Gasteiger partial charge < -0.3 is 13.7 Å². The van der Waals surface area contributed by atoms with Crippen molar-refractivity contribution in [2.45, 2.75) is 0 Å². The van der Waals surface area contributed by atoms with Gasteiger partial charge in [0.2, 0.25) is 5.89 Å². The zero-order valence-electron chi connectivity index (χ0n) is 25.4. The van der Waals surface area contributed by atoms with E-state index in [1.54, 1.807) is 0 Å². The highest BCUT2D eigenvalue weighted by Gasteiger charge is 2.21. The lowest BCUT2D eigenvalue weighted by atomic mass is 10.00. The van der Waals surface area contributed by atoms with Crippen LogP contribution in [-0.2, 0) is 0 Å². The fourth-order valence-corrected chi connectivity index (χ4v) is 6.48. The molecule has 7 aromatic carbocycles. The second-order valence-electron chi connectivity index (χ2n) is 11.6. The first kappa shape index (κ1) is 27.0. The molecule has 0 atom stereocenters. The average molecular weight is 605 g/mol. The van der Waals surface area contributed by atoms with E-state index in [9.17, 15) is 0 Å². The lowest BCUT2D eigenvalue weighted by molar-refractivity contribution is 0.621. The summed E-state index contributed by atoms with van der Waals surface area (Å²) in [7, 11) is 0. The summed E-state index contributed by atoms with van der Waals surface area (Å²) in [4.78, 5) is 7.16. The number of fused-ring (bicyclic) bond motifs is 4. The monoisotopic (exact) mass is 604 g/mol. The van der Waals surface area contributed by atoms with Crippen LogP contribution in [0.2, 0.25) is 0 Å². The first-order chi connectivity index (χ1) is 23.3. The average Bonchev–Trinajstić information content (AvgIpc) is 3.75. The Kier molecular flexibility index (Phi) is 6.43. The van der Waals surface area contributed by atoms with Crippen LogP contribution in [0, 0.1) is 0 Å². The lowest BCUT2D eigenvalue weighted by Gasteiger charge is -2.28. The number of aromatic nitrogens is 1. The number of para-hydroxylation sites is 3. The molecule has 47 heavy (non-hydrogen) atoms. The predicted octanol–water partition coefficient (Wildman–Crippen LogP) is 12.2. The Balaban J connectivity index is 1.24. The van der Waals surface area contributed by atoms with Crippen LogP contribution < -0.4 is 4.90 Å². The van der Waals surface area contributed by atoms with E-state index < -0.39 is 0 Å². The number of furan rings is 1. The van der Waals surface area contributed by atoms with Crippen LogP contribution in [0.3, 0.4) is 0 Å². The fraction of sp³-hybridized carbons (Fsp3) is 0. The van der Waals surface area contributed by atoms with Gasteiger partial charge in [0, 0.05) is 44.9 Å². The maximum atomic E-state index is 6.50. The maximum Gasteiger partial charge on any atom is 0.227 e. The smallest absolute Gasteiger partial charge is 0.227 e. The van der Waals surface area contributed by atoms with Crippen molar-refractivity contribution in [2.24, 2.45) is 0 Å². The summed E-state index contributed by atoms with van der Waals surface area (Å²) in [5, 5.41) is 2.20. The molecule has 0 radical (unpaired) electrons. The number of oxazole rings is 1. The molecule has 4 heteroatoms. The fourth-order valence-electron chi connectivity index (χ4n) is 6.48. The summed E-state index contributed by atoms with van der Waals surface area (Å²) in [6.45, 7) is 0. The molecule has 0 amide bonds. The van der Waals surface area contributed by atoms with Gasteiger partial charge in [-0.3, -0.25) is 0 Å². The van der Waals surface area contributed by atoms with Gasteiger partial charge in [-0.25, -0.2) is 4.98 Å². The quantitative estimate of drug-likeness (QED) is 0.189. The van der Waals surface area contributed by atoms with E-state index >= 15 is 0 Å². The molecular weight excluding hydrogens is 576 g/mol. The van der Waals surface area contributed by atoms with Crippen LogP contribution in [0.25, 0.3) is 66.7 Å². The molecule has 0 N–H and O–H groups in total. The molecule has 0 spiro atoms. The zero-order valence-corrected chi connectivity index (χ0v) is 25.4. The van der Waals surface area contributed by atoms with E-state index in [1.807, 2.05) is 60.7 Å². The van der Waals surface area contributed by atoms with Gasteiger partial charge in [-0.2, -0.15) is 0 Å². The Morgan fingerprint density at radius 1 is 0.426 bits per heavy atom. The molecule has 9 rings (SSSR count). The third-order valence-corrected chi connectivity index (χ3v) is 8.72. The molecule has 0 aliphatic heterocycles. The molecule has 0 saturated carbocycles. The summed E-state index contributed by atoms with van der Waals surface area (Å²) in [6, 6.07) is 58.5. The molecule has 0 aliphatic carbocycles. The van der Waals surface area contributed by atoms with Crippen LogP contribution in [0.1, 0.15) is 0 Å². The molecule has 0 unspecified atom stereocenters. The lowest BCUT2D eigenvalue weighted by Crippen LogP contribution is -2.11. The normalized spacial score (nSPS) is 11.4. The van der Waals surface area contributed by atoms with Gasteiger partial charge in [-0.15, -0.1) is 0 Å². The summed E-state index contributed by atoms with van der Waals surface area (Å²) < 4.78 is 12.9. The largest absolute Gasteiger partial charge is 0.456 e. The first-order valence-electron chi connectivity index (χ1n) is 15.7. The number of rotatable bonds is 6. The number of hydrogen-bond acceptors (Lipinski definition) is 4. The van der Waals surface area contributed by atoms with Crippen LogP contribution >= 0.6 is 0 Å². The number of hydrogen-bond donors (Lipinski definition) is 0. The van der Waals surface area contributed by atoms with Crippen molar-refractivity contribution in [2.75, 3.05) is 4.90 Å². The van der Waals surface area contributed by atoms with Gasteiger partial charge in [-0.05, 0) is 65.7 Å². The van der Waals surface area contributed by atoms with Crippen molar-refractivity contribution < 1.29 is 8.83 Å². The highest BCUT2D eigenvalue weighted by atomic mass is 16.3. The Bertz CT molecular complexity index is 2510. The van der Waals surface area contributed by atoms with Crippen LogP contribution in [0.5, 0.6) is 0 Å². The molecule has 0 fully saturated rings. The van der Waals surface area contributed by atoms with Crippen molar-refractivity contribution in [1.29, 1.82) is 0 Å². The Morgan fingerprint density at radius 3 is 1.89 bits per heavy atom. The molecule has 2 heterocycles. The van der Waals surface area contributed by atoms with E-state index in [-0.39, 0.29) is 0 Å². The number of nitrogens with zero attached hydrogens (tertiary/aromatic N) is 2. The first-order valence-corrected chi connectivity index (χ1v) is 15.7. The van der Waals surface area contributed by atoms with E-state index in [0.29, 0.717) is 5.89 Å². The van der Waals surface area contributed by atoms with Gasteiger partial charge in [-0.1, -0.05) is 109 Å². The minimum Gasteiger partial charge on any atom is -0.456 e. The van der Waals surface area contributed by atoms with Crippen molar-refractivity contribution in [3.8, 4) is 33.7 Å². The van der Waals surface area contributed by atoms with E-state index in [0.717, 1.165) is 72.4 Å². The minimum atomic E-state index is 0.606. The molecule has 0 aliphatic rings. The second kappa shape index (κ2) is 11.2. The zero-order chi connectivity index (χ0) is 31.2. The molecule has 0 bridgehead atoms. The topological polar surface area (TPSA) is 42.4 Å². The predicted molar refractivity (Wildman–Crippen MR) is 192 cm³/mol. The Morgan fingerprint density at radius 2 is 1.06 bits per heavy atom. The van der Waals surface area contributed by atoms with E-state index in [4.69, 9.17) is 13.8 Å². The molecule has 0 saturated heterocycles. The van der Waals surface area contributed by atoms with Crippen LogP contribution in [-0.4, -0.2) is 4.98 Å². The highest BCUT2D eigenvalue weighted by molar-refractivity contribution is 6.06. The minimum absolute atomic E-state index is 0.606. The SMILES string of the molecule is c1ccc(-c2ccc(N(c3ccc4c(c3)oc3ccccc34)c3ccccc3-c3cccc4nc(-c5ccccc5)oc34)cc2)cc1. The maximum absolute atomic E-state index is 6.50. The molecule has 2 aromatic heterocycles. The number of anilines is 3. The number of benzene rings is 7. The molecule has 4 nitrogen and oxygen atoms in total. The second-order valence-corrected chi connectivity index (χ2v) is 11.6. The third kappa shape index (κ3) is 4.75. The molecule has 222 valence electrons. The van der Waals surface area contributed by atoms with Gasteiger partial charge in [0.1, 0.15) is 16.7 Å². The Labute approximate surface area is 271 Å². The highest BCUT2D eigenvalue weighted by Crippen LogP contribution is 2.44. The summed E-state index contributed by atoms with van der Waals surface area (Å²) in [5.41, 5.74) is 11.6. The van der Waals surface area contributed by atoms with E-state index in [2.05, 4.69) is 114 Å². The van der Waals surface area contributed by atoms with Crippen molar-refractivity contribution >= 4 is 50.1 Å². The van der Waals surface area contributed by atoms with Gasteiger partial charge >= 0.3 is 0 Å². The summed E-state index contributed by atoms with van der Waals surface area (Å²) >= 11 is 0. The summed E-state index contributed by atoms with van der Waals surface area (Å²) in [6.07, 6.45) is 0. The van der Waals surface area contributed by atoms with Gasteiger partial charge in [0.15, 0.2) is 5.58 Å². The molecule has 9 aromatic rings. The van der Waals surface area contributed by atoms with Gasteiger partial charge in [0.05, 0.1) is 5.69 Å². The standard InChI is InChI=1S/C43H28N2O2/c1-3-12-29(13-4-1)30-22-24-32(25-23-30)45(33-26-27-36-35-17-8-10-21-40(35)46-41(36)28-33)39-20-9-7-16-34(39)37-18-11-19-38-42(37)47-43(44-38)31-14-5-2-6-15-31/h1-28H. The van der Waals surface area contributed by atoms with Gasteiger partial charge in [0.25, 0.3) is 0 Å². The Hall–Kier alpha value is -6.39. The summed E-state index contributed by atoms with van der Waals surface area (Å²) in [5.74, 6) is 0.606. The van der Waals surface area contributed by atoms with Crippen LogP contribution in [0.4, 0.5) is 17.1 Å². The van der Waals surface area contributed by atoms with E-state index in [1.165, 1.54) is 5.56 Å².